The van der Waals surface area contributed by atoms with Gasteiger partial charge in [0.2, 0.25) is 11.8 Å². The van der Waals surface area contributed by atoms with E-state index >= 15 is 0 Å². The number of carbonyl (C=O) groups is 1. The molecule has 1 atom stereocenters. The third-order valence-corrected chi connectivity index (χ3v) is 3.71. The predicted octanol–water partition coefficient (Wildman–Crippen LogP) is 1.17. The van der Waals surface area contributed by atoms with Crippen LogP contribution in [0.1, 0.15) is 37.5 Å². The molecular formula is C13H25Cl2N5O2. The molecule has 2 rings (SSSR count). The van der Waals surface area contributed by atoms with Gasteiger partial charge in [-0.25, -0.2) is 0 Å². The minimum Gasteiger partial charge on any atom is -0.340 e. The molecule has 0 radical (unpaired) electrons. The molecule has 128 valence electrons. The molecule has 1 aromatic rings. The Morgan fingerprint density at radius 2 is 1.95 bits per heavy atom. The number of nitrogens with zero attached hydrogens (tertiary/aromatic N) is 4. The van der Waals surface area contributed by atoms with Crippen molar-refractivity contribution in [2.24, 2.45) is 5.73 Å². The second-order valence-electron chi connectivity index (χ2n) is 5.16. The molecule has 7 nitrogen and oxygen atoms in total. The smallest absolute Gasteiger partial charge is 0.243 e. The topological polar surface area (TPSA) is 88.5 Å². The third-order valence-electron chi connectivity index (χ3n) is 3.71. The van der Waals surface area contributed by atoms with E-state index in [4.69, 9.17) is 10.3 Å². The number of amides is 1. The van der Waals surface area contributed by atoms with E-state index in [-0.39, 0.29) is 36.8 Å². The largest absolute Gasteiger partial charge is 0.340 e. The molecule has 0 aromatic carbocycles. The molecule has 0 spiro atoms. The molecule has 1 aliphatic rings. The van der Waals surface area contributed by atoms with Gasteiger partial charge in [-0.05, 0) is 26.8 Å². The maximum atomic E-state index is 11.9. The van der Waals surface area contributed by atoms with Crippen LogP contribution in [-0.4, -0.2) is 58.6 Å². The van der Waals surface area contributed by atoms with Crippen molar-refractivity contribution in [1.29, 1.82) is 0 Å². The highest BCUT2D eigenvalue weighted by atomic mass is 35.5. The summed E-state index contributed by atoms with van der Waals surface area (Å²) in [6.45, 7) is 7.60. The van der Waals surface area contributed by atoms with Crippen LogP contribution >= 0.6 is 24.8 Å². The van der Waals surface area contributed by atoms with Gasteiger partial charge in [0.25, 0.3) is 0 Å². The van der Waals surface area contributed by atoms with Crippen molar-refractivity contribution in [1.82, 2.24) is 19.9 Å². The number of rotatable bonds is 5. The van der Waals surface area contributed by atoms with Crippen molar-refractivity contribution in [2.75, 3.05) is 32.7 Å². The van der Waals surface area contributed by atoms with Crippen LogP contribution in [0.15, 0.2) is 4.52 Å². The van der Waals surface area contributed by atoms with Crippen LogP contribution in [0.25, 0.3) is 0 Å². The Labute approximate surface area is 143 Å². The highest BCUT2D eigenvalue weighted by molar-refractivity contribution is 5.85. The van der Waals surface area contributed by atoms with Crippen molar-refractivity contribution in [3.05, 3.63) is 11.7 Å². The van der Waals surface area contributed by atoms with Crippen molar-refractivity contribution in [3.8, 4) is 0 Å². The molecule has 0 bridgehead atoms. The molecule has 22 heavy (non-hydrogen) atoms. The quantitative estimate of drug-likeness (QED) is 0.854. The van der Waals surface area contributed by atoms with Gasteiger partial charge < -0.3 is 15.2 Å². The lowest BCUT2D eigenvalue weighted by Gasteiger charge is -2.36. The summed E-state index contributed by atoms with van der Waals surface area (Å²) in [6, 6.07) is 0.0949. The lowest BCUT2D eigenvalue weighted by Crippen LogP contribution is -2.49. The first-order valence-electron chi connectivity index (χ1n) is 7.14. The van der Waals surface area contributed by atoms with Gasteiger partial charge in [-0.3, -0.25) is 9.69 Å². The number of hydrogen-bond donors (Lipinski definition) is 1. The monoisotopic (exact) mass is 353 g/mol. The number of aromatic nitrogens is 2. The van der Waals surface area contributed by atoms with E-state index in [1.54, 1.807) is 0 Å². The standard InChI is InChI=1S/C13H23N5O2.2ClH/c1-10(13-15-11(2)16-20-13)17-6-8-18(9-7-17)12(19)4-3-5-14;;/h10H,3-9,14H2,1-2H3;2*1H. The van der Waals surface area contributed by atoms with E-state index in [1.165, 1.54) is 0 Å². The molecule has 0 aliphatic carbocycles. The summed E-state index contributed by atoms with van der Waals surface area (Å²) in [6.07, 6.45) is 1.31. The molecule has 9 heteroatoms. The summed E-state index contributed by atoms with van der Waals surface area (Å²) in [5, 5.41) is 3.82. The first-order chi connectivity index (χ1) is 9.61. The van der Waals surface area contributed by atoms with Crippen LogP contribution in [0.5, 0.6) is 0 Å². The Morgan fingerprint density at radius 3 is 2.45 bits per heavy atom. The van der Waals surface area contributed by atoms with E-state index in [2.05, 4.69) is 22.0 Å². The average molecular weight is 354 g/mol. The number of carbonyl (C=O) groups excluding carboxylic acids is 1. The Kier molecular flexibility index (Phi) is 9.59. The fraction of sp³-hybridized carbons (Fsp3) is 0.769. The first kappa shape index (κ1) is 21.1. The SMILES string of the molecule is Cc1noc(C(C)N2CCN(C(=O)CCCN)CC2)n1.Cl.Cl. The fourth-order valence-electron chi connectivity index (χ4n) is 2.41. The third kappa shape index (κ3) is 5.39. The van der Waals surface area contributed by atoms with Gasteiger partial charge in [0.1, 0.15) is 0 Å². The molecule has 2 heterocycles. The number of halogens is 2. The van der Waals surface area contributed by atoms with E-state index in [0.29, 0.717) is 24.7 Å². The summed E-state index contributed by atoms with van der Waals surface area (Å²) in [7, 11) is 0. The molecule has 1 fully saturated rings. The molecule has 1 saturated heterocycles. The summed E-state index contributed by atoms with van der Waals surface area (Å²) >= 11 is 0. The minimum atomic E-state index is 0. The van der Waals surface area contributed by atoms with Crippen LogP contribution in [0.3, 0.4) is 0 Å². The molecule has 0 saturated carbocycles. The summed E-state index contributed by atoms with van der Waals surface area (Å²) < 4.78 is 5.21. The molecule has 1 amide bonds. The zero-order chi connectivity index (χ0) is 14.5. The summed E-state index contributed by atoms with van der Waals surface area (Å²) in [5.74, 6) is 1.50. The van der Waals surface area contributed by atoms with Crippen molar-refractivity contribution >= 4 is 30.7 Å². The van der Waals surface area contributed by atoms with Gasteiger partial charge in [0.15, 0.2) is 5.82 Å². The Hall–Kier alpha value is -0.890. The molecule has 1 aliphatic heterocycles. The maximum absolute atomic E-state index is 11.9. The van der Waals surface area contributed by atoms with Crippen LogP contribution in [-0.2, 0) is 4.79 Å². The minimum absolute atomic E-state index is 0. The van der Waals surface area contributed by atoms with E-state index in [0.717, 1.165) is 32.6 Å². The normalized spacial score (nSPS) is 16.6. The van der Waals surface area contributed by atoms with Gasteiger partial charge in [-0.1, -0.05) is 5.16 Å². The van der Waals surface area contributed by atoms with E-state index in [9.17, 15) is 4.79 Å². The van der Waals surface area contributed by atoms with Crippen LogP contribution in [0, 0.1) is 6.92 Å². The molecule has 1 unspecified atom stereocenters. The van der Waals surface area contributed by atoms with Gasteiger partial charge in [-0.15, -0.1) is 24.8 Å². The van der Waals surface area contributed by atoms with E-state index < -0.39 is 0 Å². The lowest BCUT2D eigenvalue weighted by molar-refractivity contribution is -0.133. The van der Waals surface area contributed by atoms with Gasteiger partial charge >= 0.3 is 0 Å². The lowest BCUT2D eigenvalue weighted by atomic mass is 10.2. The van der Waals surface area contributed by atoms with E-state index in [1.807, 2.05) is 11.8 Å². The average Bonchev–Trinajstić information content (AvgIpc) is 2.90. The van der Waals surface area contributed by atoms with Crippen LogP contribution < -0.4 is 5.73 Å². The number of hydrogen-bond acceptors (Lipinski definition) is 6. The first-order valence-corrected chi connectivity index (χ1v) is 7.14. The van der Waals surface area contributed by atoms with Crippen LogP contribution in [0.4, 0.5) is 0 Å². The fourth-order valence-corrected chi connectivity index (χ4v) is 2.41. The summed E-state index contributed by atoms with van der Waals surface area (Å²) in [4.78, 5) is 20.4. The number of aryl methyl sites for hydroxylation is 1. The number of nitrogens with two attached hydrogens (primary N) is 1. The van der Waals surface area contributed by atoms with Gasteiger partial charge in [-0.2, -0.15) is 4.98 Å². The highest BCUT2D eigenvalue weighted by Crippen LogP contribution is 2.20. The van der Waals surface area contributed by atoms with Crippen molar-refractivity contribution in [2.45, 2.75) is 32.7 Å². The molecular weight excluding hydrogens is 329 g/mol. The Balaban J connectivity index is 0.00000220. The van der Waals surface area contributed by atoms with Gasteiger partial charge in [0, 0.05) is 32.6 Å². The maximum Gasteiger partial charge on any atom is 0.243 e. The van der Waals surface area contributed by atoms with Crippen molar-refractivity contribution < 1.29 is 9.32 Å². The molecule has 1 aromatic heterocycles. The second kappa shape index (κ2) is 9.99. The molecule has 2 N–H and O–H groups in total. The Morgan fingerprint density at radius 1 is 1.32 bits per heavy atom. The predicted molar refractivity (Wildman–Crippen MR) is 88.4 cm³/mol. The Bertz CT molecular complexity index is 449. The van der Waals surface area contributed by atoms with Gasteiger partial charge in [0.05, 0.1) is 6.04 Å². The van der Waals surface area contributed by atoms with Crippen LogP contribution in [0.2, 0.25) is 0 Å². The second-order valence-corrected chi connectivity index (χ2v) is 5.16. The number of piperazine rings is 1. The highest BCUT2D eigenvalue weighted by Gasteiger charge is 2.26. The zero-order valence-corrected chi connectivity index (χ0v) is 14.7. The zero-order valence-electron chi connectivity index (χ0n) is 13.0. The van der Waals surface area contributed by atoms with Crippen molar-refractivity contribution in [3.63, 3.8) is 0 Å². The summed E-state index contributed by atoms with van der Waals surface area (Å²) in [5.41, 5.74) is 5.43.